The second-order valence-electron chi connectivity index (χ2n) is 5.57. The molecule has 0 amide bonds. The Balaban J connectivity index is 1.95. The Bertz CT molecular complexity index is 522. The summed E-state index contributed by atoms with van der Waals surface area (Å²) in [6.07, 6.45) is 5.02. The second kappa shape index (κ2) is 6.69. The molecule has 114 valence electrons. The maximum absolute atomic E-state index is 12.3. The van der Waals surface area contributed by atoms with Crippen molar-refractivity contribution in [2.45, 2.75) is 44.7 Å². The molecule has 1 heterocycles. The van der Waals surface area contributed by atoms with Crippen molar-refractivity contribution in [2.75, 3.05) is 13.1 Å². The van der Waals surface area contributed by atoms with Crippen molar-refractivity contribution in [2.24, 2.45) is 11.8 Å². The third kappa shape index (κ3) is 4.04. The van der Waals surface area contributed by atoms with Crippen LogP contribution in [0.15, 0.2) is 11.2 Å². The predicted octanol–water partition coefficient (Wildman–Crippen LogP) is 1.23. The fourth-order valence-electron chi connectivity index (χ4n) is 2.20. The number of aromatic nitrogens is 2. The number of nitrogens with zero attached hydrogens (tertiary/aromatic N) is 1. The van der Waals surface area contributed by atoms with Crippen LogP contribution >= 0.6 is 0 Å². The van der Waals surface area contributed by atoms with E-state index in [2.05, 4.69) is 34.1 Å². The van der Waals surface area contributed by atoms with E-state index in [1.807, 2.05) is 0 Å². The molecule has 0 aliphatic heterocycles. The molecule has 1 fully saturated rings. The van der Waals surface area contributed by atoms with Crippen LogP contribution in [0.4, 0.5) is 0 Å². The lowest BCUT2D eigenvalue weighted by atomic mass is 10.1. The molecule has 0 spiro atoms. The molecule has 0 aromatic carbocycles. The number of hydrogen-bond acceptors (Lipinski definition) is 4. The highest BCUT2D eigenvalue weighted by Crippen LogP contribution is 2.36. The van der Waals surface area contributed by atoms with Crippen LogP contribution in [0.25, 0.3) is 0 Å². The fourth-order valence-corrected chi connectivity index (χ4v) is 3.47. The Labute approximate surface area is 120 Å². The van der Waals surface area contributed by atoms with Gasteiger partial charge in [0.1, 0.15) is 0 Å². The monoisotopic (exact) mass is 300 g/mol. The Morgan fingerprint density at radius 1 is 1.50 bits per heavy atom. The highest BCUT2D eigenvalue weighted by Gasteiger charge is 2.29. The van der Waals surface area contributed by atoms with Crippen molar-refractivity contribution in [1.82, 2.24) is 20.2 Å². The summed E-state index contributed by atoms with van der Waals surface area (Å²) < 4.78 is 27.3. The molecule has 0 saturated heterocycles. The molecule has 0 radical (unpaired) electrons. The first-order valence-corrected chi connectivity index (χ1v) is 8.75. The zero-order valence-corrected chi connectivity index (χ0v) is 13.0. The van der Waals surface area contributed by atoms with Gasteiger partial charge in [0.25, 0.3) is 10.0 Å². The van der Waals surface area contributed by atoms with Crippen molar-refractivity contribution in [1.29, 1.82) is 0 Å². The summed E-state index contributed by atoms with van der Waals surface area (Å²) in [6.45, 7) is 6.03. The van der Waals surface area contributed by atoms with Crippen molar-refractivity contribution < 1.29 is 8.42 Å². The molecule has 1 saturated carbocycles. The maximum atomic E-state index is 12.3. The van der Waals surface area contributed by atoms with Crippen LogP contribution < -0.4 is 10.0 Å². The van der Waals surface area contributed by atoms with E-state index in [-0.39, 0.29) is 5.03 Å². The zero-order chi connectivity index (χ0) is 14.6. The van der Waals surface area contributed by atoms with E-state index in [1.54, 1.807) is 6.20 Å². The van der Waals surface area contributed by atoms with Gasteiger partial charge in [0.15, 0.2) is 5.03 Å². The molecule has 1 aliphatic carbocycles. The first-order chi connectivity index (χ1) is 9.54. The van der Waals surface area contributed by atoms with Crippen LogP contribution in [0.5, 0.6) is 0 Å². The molecular weight excluding hydrogens is 276 g/mol. The lowest BCUT2D eigenvalue weighted by Gasteiger charge is -2.12. The summed E-state index contributed by atoms with van der Waals surface area (Å²) in [6, 6.07) is 0. The average Bonchev–Trinajstić information content (AvgIpc) is 3.15. The number of aromatic amines is 1. The van der Waals surface area contributed by atoms with Crippen LogP contribution in [0.1, 0.15) is 38.7 Å². The summed E-state index contributed by atoms with van der Waals surface area (Å²) in [5.41, 5.74) is 0.685. The lowest BCUT2D eigenvalue weighted by molar-refractivity contribution is 0.490. The van der Waals surface area contributed by atoms with Gasteiger partial charge in [-0.25, -0.2) is 13.1 Å². The largest absolute Gasteiger partial charge is 0.313 e. The molecule has 7 heteroatoms. The smallest absolute Gasteiger partial charge is 0.257 e. The topological polar surface area (TPSA) is 86.9 Å². The lowest BCUT2D eigenvalue weighted by Crippen LogP contribution is -2.30. The number of nitrogens with one attached hydrogen (secondary N) is 3. The van der Waals surface area contributed by atoms with E-state index >= 15 is 0 Å². The van der Waals surface area contributed by atoms with E-state index < -0.39 is 10.0 Å². The van der Waals surface area contributed by atoms with Crippen molar-refractivity contribution in [3.05, 3.63) is 11.8 Å². The number of H-pyrrole nitrogens is 1. The number of rotatable bonds is 9. The Hall–Kier alpha value is -0.920. The quantitative estimate of drug-likeness (QED) is 0.599. The first kappa shape index (κ1) is 15.5. The minimum absolute atomic E-state index is 0.184. The van der Waals surface area contributed by atoms with E-state index in [0.717, 1.165) is 13.0 Å². The second-order valence-corrected chi connectivity index (χ2v) is 7.27. The number of hydrogen-bond donors (Lipinski definition) is 3. The van der Waals surface area contributed by atoms with Gasteiger partial charge in [0.2, 0.25) is 0 Å². The predicted molar refractivity (Wildman–Crippen MR) is 77.7 cm³/mol. The minimum Gasteiger partial charge on any atom is -0.313 e. The molecule has 6 nitrogen and oxygen atoms in total. The molecule has 1 atom stereocenters. The van der Waals surface area contributed by atoms with Crippen LogP contribution in [-0.2, 0) is 16.6 Å². The highest BCUT2D eigenvalue weighted by molar-refractivity contribution is 7.89. The van der Waals surface area contributed by atoms with Gasteiger partial charge < -0.3 is 5.32 Å². The first-order valence-electron chi connectivity index (χ1n) is 7.27. The summed E-state index contributed by atoms with van der Waals surface area (Å²) >= 11 is 0. The molecule has 1 aliphatic rings. The molecule has 1 unspecified atom stereocenters. The summed E-state index contributed by atoms with van der Waals surface area (Å²) in [5.74, 6) is 1.08. The molecule has 0 bridgehead atoms. The average molecular weight is 300 g/mol. The highest BCUT2D eigenvalue weighted by atomic mass is 32.2. The van der Waals surface area contributed by atoms with E-state index in [0.29, 0.717) is 30.5 Å². The fraction of sp³-hybridized carbons (Fsp3) is 0.769. The van der Waals surface area contributed by atoms with Gasteiger partial charge in [0, 0.05) is 18.7 Å². The molecule has 1 aromatic rings. The van der Waals surface area contributed by atoms with E-state index in [4.69, 9.17) is 0 Å². The van der Waals surface area contributed by atoms with Crippen LogP contribution in [-0.4, -0.2) is 31.7 Å². The SMILES string of the molecule is CCCNCc1cn[nH]c1S(=O)(=O)NCC(C)C1CC1. The van der Waals surface area contributed by atoms with Gasteiger partial charge in [-0.05, 0) is 37.6 Å². The maximum Gasteiger partial charge on any atom is 0.257 e. The van der Waals surface area contributed by atoms with Crippen LogP contribution in [0.2, 0.25) is 0 Å². The van der Waals surface area contributed by atoms with Crippen LogP contribution in [0.3, 0.4) is 0 Å². The van der Waals surface area contributed by atoms with Crippen molar-refractivity contribution in [3.63, 3.8) is 0 Å². The summed E-state index contributed by atoms with van der Waals surface area (Å²) in [7, 11) is -3.49. The van der Waals surface area contributed by atoms with Gasteiger partial charge in [-0.1, -0.05) is 13.8 Å². The van der Waals surface area contributed by atoms with Gasteiger partial charge in [-0.2, -0.15) is 5.10 Å². The normalized spacial score (nSPS) is 17.3. The Morgan fingerprint density at radius 2 is 2.25 bits per heavy atom. The minimum atomic E-state index is -3.49. The van der Waals surface area contributed by atoms with Crippen LogP contribution in [0, 0.1) is 11.8 Å². The van der Waals surface area contributed by atoms with E-state index in [1.165, 1.54) is 12.8 Å². The van der Waals surface area contributed by atoms with Crippen molar-refractivity contribution in [3.8, 4) is 0 Å². The molecule has 2 rings (SSSR count). The Morgan fingerprint density at radius 3 is 2.90 bits per heavy atom. The zero-order valence-electron chi connectivity index (χ0n) is 12.1. The Kier molecular flexibility index (Phi) is 5.17. The number of sulfonamides is 1. The van der Waals surface area contributed by atoms with E-state index in [9.17, 15) is 8.42 Å². The standard InChI is InChI=1S/C13H24N4O2S/c1-3-6-14-8-12-9-15-17-13(12)20(18,19)16-7-10(2)11-4-5-11/h9-11,14,16H,3-8H2,1-2H3,(H,15,17). The van der Waals surface area contributed by atoms with Gasteiger partial charge in [-0.3, -0.25) is 5.10 Å². The molecular formula is C13H24N4O2S. The molecule has 1 aromatic heterocycles. The molecule has 3 N–H and O–H groups in total. The third-order valence-electron chi connectivity index (χ3n) is 3.71. The van der Waals surface area contributed by atoms with Gasteiger partial charge in [0.05, 0.1) is 6.20 Å². The third-order valence-corrected chi connectivity index (χ3v) is 5.15. The van der Waals surface area contributed by atoms with Crippen molar-refractivity contribution >= 4 is 10.0 Å². The van der Waals surface area contributed by atoms with Gasteiger partial charge in [-0.15, -0.1) is 0 Å². The molecule has 20 heavy (non-hydrogen) atoms. The summed E-state index contributed by atoms with van der Waals surface area (Å²) in [5, 5.41) is 9.83. The van der Waals surface area contributed by atoms with Gasteiger partial charge >= 0.3 is 0 Å². The summed E-state index contributed by atoms with van der Waals surface area (Å²) in [4.78, 5) is 0.